The van der Waals surface area contributed by atoms with Crippen LogP contribution < -0.4 is 10.2 Å². The van der Waals surface area contributed by atoms with Crippen molar-refractivity contribution in [2.24, 2.45) is 0 Å². The standard InChI is InChI=1S/C27H27N3O4/c1-29(18-19-9-4-3-5-10-19)24-12-7-6-11-23(24)28-25(31)20-13-14-21-22(17-20)27(33)30(26(21)32)15-8-16-34-2/h3-7,9-14,17H,8,15-16,18H2,1-2H3,(H,28,31). The van der Waals surface area contributed by atoms with Crippen LogP contribution in [0.4, 0.5) is 11.4 Å². The lowest BCUT2D eigenvalue weighted by Crippen LogP contribution is -2.31. The first-order valence-electron chi connectivity index (χ1n) is 11.1. The number of hydrogen-bond donors (Lipinski definition) is 1. The van der Waals surface area contributed by atoms with Crippen molar-refractivity contribution in [1.82, 2.24) is 4.90 Å². The molecule has 1 heterocycles. The number of nitrogens with zero attached hydrogens (tertiary/aromatic N) is 2. The quantitative estimate of drug-likeness (QED) is 0.385. The van der Waals surface area contributed by atoms with Crippen molar-refractivity contribution in [1.29, 1.82) is 0 Å². The number of para-hydroxylation sites is 2. The molecule has 3 aromatic rings. The van der Waals surface area contributed by atoms with Crippen molar-refractivity contribution >= 4 is 29.1 Å². The number of nitrogens with one attached hydrogen (secondary N) is 1. The summed E-state index contributed by atoms with van der Waals surface area (Å²) in [5, 5.41) is 2.96. The fourth-order valence-corrected chi connectivity index (χ4v) is 4.05. The predicted octanol–water partition coefficient (Wildman–Crippen LogP) is 4.21. The number of imide groups is 1. The molecule has 174 valence electrons. The molecule has 7 heteroatoms. The largest absolute Gasteiger partial charge is 0.385 e. The molecule has 7 nitrogen and oxygen atoms in total. The van der Waals surface area contributed by atoms with E-state index in [1.54, 1.807) is 19.2 Å². The smallest absolute Gasteiger partial charge is 0.261 e. The Labute approximate surface area is 198 Å². The molecule has 0 atom stereocenters. The molecule has 34 heavy (non-hydrogen) atoms. The number of rotatable bonds is 9. The summed E-state index contributed by atoms with van der Waals surface area (Å²) in [6.07, 6.45) is 0.558. The van der Waals surface area contributed by atoms with E-state index in [1.807, 2.05) is 49.5 Å². The number of ether oxygens (including phenoxy) is 1. The van der Waals surface area contributed by atoms with Crippen LogP contribution in [0.1, 0.15) is 43.1 Å². The van der Waals surface area contributed by atoms with E-state index < -0.39 is 0 Å². The number of amides is 3. The van der Waals surface area contributed by atoms with Gasteiger partial charge in [0.25, 0.3) is 17.7 Å². The Balaban J connectivity index is 1.51. The van der Waals surface area contributed by atoms with Crippen LogP contribution in [0.25, 0.3) is 0 Å². The van der Waals surface area contributed by atoms with Gasteiger partial charge < -0.3 is 15.0 Å². The number of carbonyl (C=O) groups is 3. The minimum atomic E-state index is -0.381. The number of hydrogen-bond acceptors (Lipinski definition) is 5. The lowest BCUT2D eigenvalue weighted by Gasteiger charge is -2.23. The van der Waals surface area contributed by atoms with Crippen LogP contribution in [0.3, 0.4) is 0 Å². The maximum atomic E-state index is 13.1. The van der Waals surface area contributed by atoms with Crippen LogP contribution in [0.15, 0.2) is 72.8 Å². The normalized spacial score (nSPS) is 12.6. The van der Waals surface area contributed by atoms with Crippen molar-refractivity contribution in [3.05, 3.63) is 95.1 Å². The van der Waals surface area contributed by atoms with E-state index in [1.165, 1.54) is 11.0 Å². The minimum Gasteiger partial charge on any atom is -0.385 e. The molecule has 0 bridgehead atoms. The molecule has 0 aromatic heterocycles. The highest BCUT2D eigenvalue weighted by Crippen LogP contribution is 2.28. The average Bonchev–Trinajstić information content (AvgIpc) is 3.09. The third kappa shape index (κ3) is 4.84. The maximum absolute atomic E-state index is 13.1. The van der Waals surface area contributed by atoms with Gasteiger partial charge in [-0.3, -0.25) is 19.3 Å². The molecule has 1 N–H and O–H groups in total. The van der Waals surface area contributed by atoms with Gasteiger partial charge in [-0.15, -0.1) is 0 Å². The molecule has 4 rings (SSSR count). The summed E-state index contributed by atoms with van der Waals surface area (Å²) in [7, 11) is 3.54. The van der Waals surface area contributed by atoms with Gasteiger partial charge in [0.1, 0.15) is 0 Å². The zero-order valence-corrected chi connectivity index (χ0v) is 19.3. The van der Waals surface area contributed by atoms with Crippen LogP contribution in [-0.2, 0) is 11.3 Å². The highest BCUT2D eigenvalue weighted by atomic mass is 16.5. The van der Waals surface area contributed by atoms with Crippen LogP contribution in [0.5, 0.6) is 0 Å². The molecular weight excluding hydrogens is 430 g/mol. The summed E-state index contributed by atoms with van der Waals surface area (Å²) in [5.74, 6) is -1.06. The van der Waals surface area contributed by atoms with Gasteiger partial charge in [0, 0.05) is 39.4 Å². The lowest BCUT2D eigenvalue weighted by atomic mass is 10.1. The van der Waals surface area contributed by atoms with E-state index in [4.69, 9.17) is 4.74 Å². The molecule has 3 aromatic carbocycles. The monoisotopic (exact) mass is 457 g/mol. The molecule has 1 aliphatic heterocycles. The molecule has 0 fully saturated rings. The third-order valence-corrected chi connectivity index (χ3v) is 5.79. The summed E-state index contributed by atoms with van der Waals surface area (Å²) >= 11 is 0. The van der Waals surface area contributed by atoms with Gasteiger partial charge in [0.15, 0.2) is 0 Å². The van der Waals surface area contributed by atoms with Crippen molar-refractivity contribution in [3.63, 3.8) is 0 Å². The molecule has 0 saturated heterocycles. The van der Waals surface area contributed by atoms with Crippen LogP contribution in [0.2, 0.25) is 0 Å². The molecule has 0 spiro atoms. The summed E-state index contributed by atoms with van der Waals surface area (Å²) in [4.78, 5) is 41.7. The second kappa shape index (κ2) is 10.3. The van der Waals surface area contributed by atoms with Gasteiger partial charge >= 0.3 is 0 Å². The Bertz CT molecular complexity index is 1210. The summed E-state index contributed by atoms with van der Waals surface area (Å²) in [5.41, 5.74) is 3.58. The molecule has 0 radical (unpaired) electrons. The molecule has 0 unspecified atom stereocenters. The van der Waals surface area contributed by atoms with Gasteiger partial charge in [-0.25, -0.2) is 0 Å². The van der Waals surface area contributed by atoms with Gasteiger partial charge in [-0.1, -0.05) is 42.5 Å². The van der Waals surface area contributed by atoms with Crippen LogP contribution in [0, 0.1) is 0 Å². The van der Waals surface area contributed by atoms with Gasteiger partial charge in [0.05, 0.1) is 22.5 Å². The SMILES string of the molecule is COCCCN1C(=O)c2ccc(C(=O)Nc3ccccc3N(C)Cc3ccccc3)cc2C1=O. The predicted molar refractivity (Wildman–Crippen MR) is 131 cm³/mol. The van der Waals surface area contributed by atoms with Gasteiger partial charge in [-0.05, 0) is 42.3 Å². The molecule has 0 saturated carbocycles. The number of carbonyl (C=O) groups excluding carboxylic acids is 3. The first-order valence-corrected chi connectivity index (χ1v) is 11.1. The zero-order valence-electron chi connectivity index (χ0n) is 19.3. The molecule has 3 amide bonds. The minimum absolute atomic E-state index is 0.254. The molecule has 0 aliphatic carbocycles. The number of fused-ring (bicyclic) bond motifs is 1. The van der Waals surface area contributed by atoms with E-state index in [0.29, 0.717) is 36.4 Å². The lowest BCUT2D eigenvalue weighted by molar-refractivity contribution is 0.0638. The summed E-state index contributed by atoms with van der Waals surface area (Å²) in [6.45, 7) is 1.42. The van der Waals surface area contributed by atoms with Crippen LogP contribution >= 0.6 is 0 Å². The Hall–Kier alpha value is -3.97. The Morgan fingerprint density at radius 3 is 2.41 bits per heavy atom. The van der Waals surface area contributed by atoms with Crippen molar-refractivity contribution in [2.45, 2.75) is 13.0 Å². The maximum Gasteiger partial charge on any atom is 0.261 e. The Kier molecular flexibility index (Phi) is 7.04. The Morgan fingerprint density at radius 2 is 1.65 bits per heavy atom. The fraction of sp³-hybridized carbons (Fsp3) is 0.222. The Morgan fingerprint density at radius 1 is 0.941 bits per heavy atom. The highest BCUT2D eigenvalue weighted by Gasteiger charge is 2.35. The van der Waals surface area contributed by atoms with E-state index >= 15 is 0 Å². The highest BCUT2D eigenvalue weighted by molar-refractivity contribution is 6.22. The van der Waals surface area contributed by atoms with E-state index in [0.717, 1.165) is 11.3 Å². The molecule has 1 aliphatic rings. The second-order valence-corrected chi connectivity index (χ2v) is 8.18. The first-order chi connectivity index (χ1) is 16.5. The van der Waals surface area contributed by atoms with E-state index in [-0.39, 0.29) is 29.8 Å². The first kappa shape index (κ1) is 23.2. The topological polar surface area (TPSA) is 79.0 Å². The van der Waals surface area contributed by atoms with Gasteiger partial charge in [0.2, 0.25) is 0 Å². The van der Waals surface area contributed by atoms with E-state index in [9.17, 15) is 14.4 Å². The van der Waals surface area contributed by atoms with Gasteiger partial charge in [-0.2, -0.15) is 0 Å². The van der Waals surface area contributed by atoms with E-state index in [2.05, 4.69) is 22.3 Å². The average molecular weight is 458 g/mol. The van der Waals surface area contributed by atoms with Crippen molar-refractivity contribution < 1.29 is 19.1 Å². The van der Waals surface area contributed by atoms with Crippen molar-refractivity contribution in [2.75, 3.05) is 37.5 Å². The zero-order chi connectivity index (χ0) is 24.1. The number of methoxy groups -OCH3 is 1. The third-order valence-electron chi connectivity index (χ3n) is 5.79. The van der Waals surface area contributed by atoms with Crippen LogP contribution in [-0.4, -0.2) is 49.9 Å². The number of anilines is 2. The summed E-state index contributed by atoms with van der Waals surface area (Å²) < 4.78 is 5.01. The second-order valence-electron chi connectivity index (χ2n) is 8.18. The molecular formula is C27H27N3O4. The fourth-order valence-electron chi connectivity index (χ4n) is 4.05. The van der Waals surface area contributed by atoms with Crippen molar-refractivity contribution in [3.8, 4) is 0 Å². The summed E-state index contributed by atoms with van der Waals surface area (Å²) in [6, 6.07) is 22.3. The number of benzene rings is 3.